The van der Waals surface area contributed by atoms with Crippen LogP contribution in [0.25, 0.3) is 0 Å². The minimum atomic E-state index is -0.532. The molecule has 0 saturated heterocycles. The van der Waals surface area contributed by atoms with Crippen molar-refractivity contribution in [1.82, 2.24) is 0 Å². The lowest BCUT2D eigenvalue weighted by molar-refractivity contribution is 0.0273. The van der Waals surface area contributed by atoms with Crippen molar-refractivity contribution in [2.24, 2.45) is 0 Å². The third-order valence-electron chi connectivity index (χ3n) is 2.09. The Morgan fingerprint density at radius 3 is 2.50 bits per heavy atom. The Hall–Kier alpha value is -0.730. The maximum atomic E-state index is 11.0. The normalized spacial score (nSPS) is 12.2. The smallest absolute Gasteiger partial charge is 0.434 e. The highest BCUT2D eigenvalue weighted by molar-refractivity contribution is 5.59. The second-order valence-electron chi connectivity index (χ2n) is 3.50. The molecular formula is C11H22O3. The molecule has 0 radical (unpaired) electrons. The molecule has 0 aromatic carbocycles. The Kier molecular flexibility index (Phi) is 8.39. The Labute approximate surface area is 86.8 Å². The van der Waals surface area contributed by atoms with Crippen LogP contribution < -0.4 is 0 Å². The van der Waals surface area contributed by atoms with Crippen molar-refractivity contribution in [2.45, 2.75) is 59.0 Å². The average molecular weight is 202 g/mol. The van der Waals surface area contributed by atoms with Gasteiger partial charge in [0.15, 0.2) is 0 Å². The lowest BCUT2D eigenvalue weighted by Gasteiger charge is -2.10. The summed E-state index contributed by atoms with van der Waals surface area (Å²) in [6, 6.07) is 0. The summed E-state index contributed by atoms with van der Waals surface area (Å²) in [7, 11) is 0. The number of hydrogen-bond acceptors (Lipinski definition) is 3. The zero-order valence-corrected chi connectivity index (χ0v) is 9.54. The van der Waals surface area contributed by atoms with Crippen molar-refractivity contribution >= 4 is 6.16 Å². The van der Waals surface area contributed by atoms with Crippen molar-refractivity contribution in [2.75, 3.05) is 6.61 Å². The van der Waals surface area contributed by atoms with Gasteiger partial charge in [0.25, 0.3) is 0 Å². The Morgan fingerprint density at radius 2 is 1.93 bits per heavy atom. The predicted molar refractivity (Wildman–Crippen MR) is 56.3 cm³/mol. The van der Waals surface area contributed by atoms with E-state index in [1.165, 1.54) is 12.8 Å². The highest BCUT2D eigenvalue weighted by Crippen LogP contribution is 2.02. The average Bonchev–Trinajstić information content (AvgIpc) is 2.17. The molecule has 0 heterocycles. The minimum absolute atomic E-state index is 0.0434. The Balaban J connectivity index is 3.27. The summed E-state index contributed by atoms with van der Waals surface area (Å²) in [6.45, 7) is 6.46. The van der Waals surface area contributed by atoms with E-state index in [9.17, 15) is 4.79 Å². The Bertz CT molecular complexity index is 145. The lowest BCUT2D eigenvalue weighted by atomic mass is 10.2. The first kappa shape index (κ1) is 13.3. The molecule has 0 bridgehead atoms. The van der Waals surface area contributed by atoms with Crippen molar-refractivity contribution < 1.29 is 14.3 Å². The summed E-state index contributed by atoms with van der Waals surface area (Å²) in [5, 5.41) is 0. The van der Waals surface area contributed by atoms with Gasteiger partial charge in [0, 0.05) is 0 Å². The van der Waals surface area contributed by atoms with E-state index >= 15 is 0 Å². The van der Waals surface area contributed by atoms with Crippen molar-refractivity contribution in [3.8, 4) is 0 Å². The van der Waals surface area contributed by atoms with E-state index in [0.717, 1.165) is 19.3 Å². The van der Waals surface area contributed by atoms with Crippen LogP contribution in [-0.2, 0) is 9.47 Å². The van der Waals surface area contributed by atoms with Crippen molar-refractivity contribution in [3.05, 3.63) is 0 Å². The summed E-state index contributed by atoms with van der Waals surface area (Å²) in [6.07, 6.45) is 4.69. The van der Waals surface area contributed by atoms with E-state index in [1.807, 2.05) is 13.8 Å². The molecule has 0 aromatic rings. The summed E-state index contributed by atoms with van der Waals surface area (Å²) in [5.41, 5.74) is 0. The topological polar surface area (TPSA) is 35.5 Å². The molecular weight excluding hydrogens is 180 g/mol. The van der Waals surface area contributed by atoms with Crippen LogP contribution >= 0.6 is 0 Å². The molecule has 0 unspecified atom stereocenters. The van der Waals surface area contributed by atoms with E-state index in [4.69, 9.17) is 9.47 Å². The first-order valence-corrected chi connectivity index (χ1v) is 5.54. The Morgan fingerprint density at radius 1 is 1.21 bits per heavy atom. The van der Waals surface area contributed by atoms with Gasteiger partial charge in [0.05, 0.1) is 6.61 Å². The molecule has 0 fully saturated rings. The predicted octanol–water partition coefficient (Wildman–Crippen LogP) is 3.52. The molecule has 3 heteroatoms. The van der Waals surface area contributed by atoms with Crippen LogP contribution in [0, 0.1) is 0 Å². The van der Waals surface area contributed by atoms with Gasteiger partial charge >= 0.3 is 6.16 Å². The maximum Gasteiger partial charge on any atom is 0.508 e. The summed E-state index contributed by atoms with van der Waals surface area (Å²) >= 11 is 0. The van der Waals surface area contributed by atoms with Crippen molar-refractivity contribution in [1.29, 1.82) is 0 Å². The van der Waals surface area contributed by atoms with Crippen LogP contribution in [0.2, 0.25) is 0 Å². The first-order chi connectivity index (χ1) is 6.70. The van der Waals surface area contributed by atoms with Crippen LogP contribution in [0.4, 0.5) is 4.79 Å². The zero-order chi connectivity index (χ0) is 10.8. The fourth-order valence-corrected chi connectivity index (χ4v) is 0.966. The van der Waals surface area contributed by atoms with Gasteiger partial charge in [-0.2, -0.15) is 0 Å². The third kappa shape index (κ3) is 7.90. The first-order valence-electron chi connectivity index (χ1n) is 5.54. The largest absolute Gasteiger partial charge is 0.508 e. The highest BCUT2D eigenvalue weighted by Gasteiger charge is 2.07. The molecule has 0 aliphatic heterocycles. The monoisotopic (exact) mass is 202 g/mol. The molecule has 0 spiro atoms. The van der Waals surface area contributed by atoms with Gasteiger partial charge in [0.2, 0.25) is 0 Å². The number of hydrogen-bond donors (Lipinski definition) is 0. The lowest BCUT2D eigenvalue weighted by Crippen LogP contribution is -2.15. The number of carbonyl (C=O) groups is 1. The minimum Gasteiger partial charge on any atom is -0.434 e. The molecule has 3 nitrogen and oxygen atoms in total. The van der Waals surface area contributed by atoms with Gasteiger partial charge in [-0.05, 0) is 19.8 Å². The van der Waals surface area contributed by atoms with Gasteiger partial charge in [-0.3, -0.25) is 0 Å². The van der Waals surface area contributed by atoms with E-state index < -0.39 is 6.16 Å². The summed E-state index contributed by atoms with van der Waals surface area (Å²) in [5.74, 6) is 0. The van der Waals surface area contributed by atoms with Crippen LogP contribution in [0.5, 0.6) is 0 Å². The standard InChI is InChI=1S/C11H22O3/c1-4-6-7-8-9-13-11(12)14-10(3)5-2/h10H,4-9H2,1-3H3/t10-/m1/s1. The molecule has 0 aromatic heterocycles. The molecule has 84 valence electrons. The van der Waals surface area contributed by atoms with Gasteiger partial charge < -0.3 is 9.47 Å². The zero-order valence-electron chi connectivity index (χ0n) is 9.54. The molecule has 0 aliphatic carbocycles. The van der Waals surface area contributed by atoms with Crippen LogP contribution in [0.15, 0.2) is 0 Å². The van der Waals surface area contributed by atoms with Crippen LogP contribution in [-0.4, -0.2) is 18.9 Å². The summed E-state index contributed by atoms with van der Waals surface area (Å²) < 4.78 is 9.84. The maximum absolute atomic E-state index is 11.0. The fourth-order valence-electron chi connectivity index (χ4n) is 0.966. The van der Waals surface area contributed by atoms with Crippen molar-refractivity contribution in [3.63, 3.8) is 0 Å². The quantitative estimate of drug-likeness (QED) is 0.468. The molecule has 14 heavy (non-hydrogen) atoms. The SMILES string of the molecule is CCCCCCOC(=O)O[C@H](C)CC. The van der Waals surface area contributed by atoms with Crippen LogP contribution in [0.1, 0.15) is 52.9 Å². The summed E-state index contributed by atoms with van der Waals surface area (Å²) in [4.78, 5) is 11.0. The van der Waals surface area contributed by atoms with E-state index in [-0.39, 0.29) is 6.10 Å². The van der Waals surface area contributed by atoms with Gasteiger partial charge in [-0.25, -0.2) is 4.79 Å². The second-order valence-corrected chi connectivity index (χ2v) is 3.50. The number of ether oxygens (including phenoxy) is 2. The molecule has 0 amide bonds. The molecule has 0 rings (SSSR count). The molecule has 0 aliphatic rings. The van der Waals surface area contributed by atoms with Gasteiger partial charge in [-0.1, -0.05) is 33.1 Å². The number of carbonyl (C=O) groups excluding carboxylic acids is 1. The van der Waals surface area contributed by atoms with E-state index in [0.29, 0.717) is 6.61 Å². The fraction of sp³-hybridized carbons (Fsp3) is 0.909. The van der Waals surface area contributed by atoms with Gasteiger partial charge in [-0.15, -0.1) is 0 Å². The third-order valence-corrected chi connectivity index (χ3v) is 2.09. The van der Waals surface area contributed by atoms with E-state index in [2.05, 4.69) is 6.92 Å². The molecule has 0 saturated carbocycles. The van der Waals surface area contributed by atoms with Gasteiger partial charge in [0.1, 0.15) is 6.10 Å². The second kappa shape index (κ2) is 8.85. The number of rotatable bonds is 7. The molecule has 1 atom stereocenters. The molecule has 0 N–H and O–H groups in total. The van der Waals surface area contributed by atoms with Crippen LogP contribution in [0.3, 0.4) is 0 Å². The highest BCUT2D eigenvalue weighted by atomic mass is 16.7. The van der Waals surface area contributed by atoms with E-state index in [1.54, 1.807) is 0 Å². The number of unbranched alkanes of at least 4 members (excludes halogenated alkanes) is 3.